The number of para-hydroxylation sites is 1. The highest BCUT2D eigenvalue weighted by atomic mass is 32.1. The van der Waals surface area contributed by atoms with Gasteiger partial charge in [-0.05, 0) is 174 Å². The number of aromatic nitrogens is 1. The van der Waals surface area contributed by atoms with Gasteiger partial charge in [0.1, 0.15) is 17.2 Å². The summed E-state index contributed by atoms with van der Waals surface area (Å²) in [6.07, 6.45) is 23.9. The monoisotopic (exact) mass is 861 g/mol. The zero-order chi connectivity index (χ0) is 42.9. The summed E-state index contributed by atoms with van der Waals surface area (Å²) in [5.41, 5.74) is 6.53. The minimum absolute atomic E-state index is 0.121. The number of hydrogen-bond donors (Lipinski definition) is 1. The van der Waals surface area contributed by atoms with Gasteiger partial charge in [-0.3, -0.25) is 10.2 Å². The minimum Gasteiger partial charge on any atom is -0.494 e. The highest BCUT2D eigenvalue weighted by molar-refractivity contribution is 7.22. The van der Waals surface area contributed by atoms with Gasteiger partial charge in [0.25, 0.3) is 0 Å². The summed E-state index contributed by atoms with van der Waals surface area (Å²) in [6, 6.07) is 22.2. The summed E-state index contributed by atoms with van der Waals surface area (Å²) in [6.45, 7) is 7.35. The summed E-state index contributed by atoms with van der Waals surface area (Å²) in [5.74, 6) is 5.18. The number of hydrogen-bond acceptors (Lipinski definition) is 10. The fourth-order valence-corrected chi connectivity index (χ4v) is 10.8. The molecule has 1 N–H and O–H groups in total. The van der Waals surface area contributed by atoms with Gasteiger partial charge in [-0.2, -0.15) is 5.10 Å². The largest absolute Gasteiger partial charge is 0.494 e. The molecule has 1 aromatic heterocycles. The molecular weight excluding hydrogens is 795 g/mol. The molecule has 0 saturated heterocycles. The lowest BCUT2D eigenvalue weighted by atomic mass is 9.68. The van der Waals surface area contributed by atoms with Crippen molar-refractivity contribution in [3.8, 4) is 17.2 Å². The zero-order valence-electron chi connectivity index (χ0n) is 36.8. The normalized spacial score (nSPS) is 22.9. The Balaban J connectivity index is 0.870. The molecule has 0 bridgehead atoms. The molecule has 4 aromatic rings. The standard InChI is InChI=1S/C52H67N3O6S/c1-3-11-37-14-18-39(19-15-37)40-22-24-41(25-23-40)43-26-31-48(44(34-43)35-53-55-52-54-47-12-7-8-13-49(47)62-52)60-36-38-16-20-42(21-17-38)51(57)61-46-29-27-45(28-30-46)58-32-9-5-6-10-33-59-50(56)4-2/h4,7-8,12-13,26-31,34-35,37-42H,2-3,5-6,9-11,14-25,32-33,36H2,1H3,(H,54,55)/b53-35+. The van der Waals surface area contributed by atoms with E-state index < -0.39 is 0 Å². The van der Waals surface area contributed by atoms with E-state index in [0.29, 0.717) is 37.4 Å². The fraction of sp³-hybridized carbons (Fsp3) is 0.538. The van der Waals surface area contributed by atoms with Crippen molar-refractivity contribution in [2.45, 2.75) is 128 Å². The molecule has 332 valence electrons. The van der Waals surface area contributed by atoms with Crippen molar-refractivity contribution >= 4 is 44.8 Å². The van der Waals surface area contributed by atoms with E-state index in [1.807, 2.05) is 36.5 Å². The zero-order valence-corrected chi connectivity index (χ0v) is 37.6. The van der Waals surface area contributed by atoms with E-state index in [9.17, 15) is 9.59 Å². The number of thiazole rings is 1. The average Bonchev–Trinajstić information content (AvgIpc) is 3.73. The van der Waals surface area contributed by atoms with E-state index in [0.717, 1.165) is 102 Å². The summed E-state index contributed by atoms with van der Waals surface area (Å²) < 4.78 is 24.4. The van der Waals surface area contributed by atoms with Crippen molar-refractivity contribution in [2.75, 3.05) is 25.2 Å². The summed E-state index contributed by atoms with van der Waals surface area (Å²) in [7, 11) is 0. The Bertz CT molecular complexity index is 2010. The van der Waals surface area contributed by atoms with E-state index in [1.165, 1.54) is 75.8 Å². The molecule has 0 unspecified atom stereocenters. The van der Waals surface area contributed by atoms with Crippen LogP contribution >= 0.6 is 11.3 Å². The average molecular weight is 862 g/mol. The number of carbonyl (C=O) groups is 2. The van der Waals surface area contributed by atoms with Crippen molar-refractivity contribution in [3.05, 3.63) is 90.5 Å². The van der Waals surface area contributed by atoms with Crippen molar-refractivity contribution < 1.29 is 28.5 Å². The van der Waals surface area contributed by atoms with Crippen LogP contribution in [0.5, 0.6) is 17.2 Å². The van der Waals surface area contributed by atoms with Gasteiger partial charge in [0.2, 0.25) is 5.13 Å². The summed E-state index contributed by atoms with van der Waals surface area (Å²) in [4.78, 5) is 29.0. The second-order valence-corrected chi connectivity index (χ2v) is 18.9. The lowest BCUT2D eigenvalue weighted by Crippen LogP contribution is -2.27. The number of nitrogens with one attached hydrogen (secondary N) is 1. The highest BCUT2D eigenvalue weighted by Gasteiger charge is 2.32. The van der Waals surface area contributed by atoms with Gasteiger partial charge in [-0.15, -0.1) is 0 Å². The number of hydrazone groups is 1. The smallest absolute Gasteiger partial charge is 0.330 e. The van der Waals surface area contributed by atoms with E-state index in [1.54, 1.807) is 23.5 Å². The van der Waals surface area contributed by atoms with Crippen LogP contribution in [0.4, 0.5) is 5.13 Å². The molecule has 0 radical (unpaired) electrons. The third-order valence-electron chi connectivity index (χ3n) is 13.6. The summed E-state index contributed by atoms with van der Waals surface area (Å²) >= 11 is 1.60. The number of esters is 2. The van der Waals surface area contributed by atoms with Crippen LogP contribution < -0.4 is 19.6 Å². The molecule has 0 amide bonds. The van der Waals surface area contributed by atoms with Crippen molar-refractivity contribution in [1.82, 2.24) is 4.98 Å². The molecule has 7 rings (SSSR count). The van der Waals surface area contributed by atoms with Gasteiger partial charge in [0, 0.05) is 11.6 Å². The van der Waals surface area contributed by atoms with Crippen LogP contribution in [0.15, 0.2) is 84.5 Å². The van der Waals surface area contributed by atoms with Gasteiger partial charge in [-0.25, -0.2) is 9.78 Å². The van der Waals surface area contributed by atoms with Gasteiger partial charge >= 0.3 is 11.9 Å². The number of carbonyl (C=O) groups excluding carboxylic acids is 2. The minimum atomic E-state index is -0.378. The number of nitrogens with zero attached hydrogens (tertiary/aromatic N) is 2. The van der Waals surface area contributed by atoms with Crippen LogP contribution in [0.3, 0.4) is 0 Å². The van der Waals surface area contributed by atoms with E-state index in [4.69, 9.17) is 23.9 Å². The van der Waals surface area contributed by atoms with Crippen LogP contribution in [0, 0.1) is 29.6 Å². The third-order valence-corrected chi connectivity index (χ3v) is 14.5. The predicted molar refractivity (Wildman–Crippen MR) is 250 cm³/mol. The Morgan fingerprint density at radius 3 is 2.21 bits per heavy atom. The van der Waals surface area contributed by atoms with Crippen LogP contribution in [0.2, 0.25) is 0 Å². The van der Waals surface area contributed by atoms with E-state index >= 15 is 0 Å². The first-order chi connectivity index (χ1) is 30.4. The first-order valence-electron chi connectivity index (χ1n) is 23.6. The van der Waals surface area contributed by atoms with Crippen molar-refractivity contribution in [1.29, 1.82) is 0 Å². The van der Waals surface area contributed by atoms with Crippen LogP contribution in [-0.2, 0) is 14.3 Å². The summed E-state index contributed by atoms with van der Waals surface area (Å²) in [5, 5.41) is 5.43. The Kier molecular flexibility index (Phi) is 17.3. The topological polar surface area (TPSA) is 108 Å². The number of fused-ring (bicyclic) bond motifs is 1. The molecule has 3 saturated carbocycles. The van der Waals surface area contributed by atoms with Gasteiger partial charge in [-0.1, -0.05) is 68.7 Å². The maximum atomic E-state index is 13.2. The predicted octanol–water partition coefficient (Wildman–Crippen LogP) is 13.1. The van der Waals surface area contributed by atoms with Crippen LogP contribution in [0.25, 0.3) is 10.2 Å². The fourth-order valence-electron chi connectivity index (χ4n) is 9.97. The Morgan fingerprint density at radius 1 is 0.790 bits per heavy atom. The second kappa shape index (κ2) is 23.7. The number of ether oxygens (including phenoxy) is 4. The second-order valence-electron chi connectivity index (χ2n) is 17.9. The number of rotatable bonds is 21. The van der Waals surface area contributed by atoms with E-state index in [2.05, 4.69) is 48.3 Å². The number of anilines is 1. The first-order valence-corrected chi connectivity index (χ1v) is 24.4. The molecule has 0 spiro atoms. The van der Waals surface area contributed by atoms with Gasteiger partial charge in [0.15, 0.2) is 0 Å². The maximum Gasteiger partial charge on any atom is 0.330 e. The quantitative estimate of drug-likeness (QED) is 0.0220. The van der Waals surface area contributed by atoms with E-state index in [-0.39, 0.29) is 17.9 Å². The molecule has 0 atom stereocenters. The third kappa shape index (κ3) is 13.4. The Hall–Kier alpha value is -4.70. The SMILES string of the molecule is C=CC(=O)OCCCCCCOc1ccc(OC(=O)C2CCC(COc3ccc(C4CCC(C5CCC(CCC)CC5)CC4)cc3/C=N/Nc3nc4ccccc4s3)CC2)cc1. The molecule has 0 aliphatic heterocycles. The van der Waals surface area contributed by atoms with Crippen molar-refractivity contribution in [3.63, 3.8) is 0 Å². The lowest BCUT2D eigenvalue weighted by Gasteiger charge is -2.38. The molecule has 3 fully saturated rings. The molecule has 1 heterocycles. The number of benzene rings is 3. The van der Waals surface area contributed by atoms with Crippen LogP contribution in [0.1, 0.15) is 140 Å². The molecule has 10 heteroatoms. The lowest BCUT2D eigenvalue weighted by molar-refractivity contribution is -0.140. The first kappa shape index (κ1) is 45.3. The molecule has 9 nitrogen and oxygen atoms in total. The molecule has 62 heavy (non-hydrogen) atoms. The van der Waals surface area contributed by atoms with Gasteiger partial charge < -0.3 is 18.9 Å². The molecule has 3 aliphatic carbocycles. The number of unbranched alkanes of at least 4 members (excludes halogenated alkanes) is 3. The highest BCUT2D eigenvalue weighted by Crippen LogP contribution is 2.45. The van der Waals surface area contributed by atoms with Crippen molar-refractivity contribution in [2.24, 2.45) is 34.7 Å². The Labute approximate surface area is 373 Å². The maximum absolute atomic E-state index is 13.2. The molecule has 3 aliphatic rings. The van der Waals surface area contributed by atoms with Gasteiger partial charge in [0.05, 0.1) is 42.2 Å². The Morgan fingerprint density at radius 2 is 1.48 bits per heavy atom. The molecule has 3 aromatic carbocycles. The molecular formula is C52H67N3O6S. The van der Waals surface area contributed by atoms with Crippen LogP contribution in [-0.4, -0.2) is 43.0 Å².